The van der Waals surface area contributed by atoms with Gasteiger partial charge in [0.05, 0.1) is 17.5 Å². The first-order chi connectivity index (χ1) is 13.0. The monoisotopic (exact) mass is 400 g/mol. The van der Waals surface area contributed by atoms with Gasteiger partial charge in [0.15, 0.2) is 0 Å². The number of alkyl halides is 6. The highest BCUT2D eigenvalue weighted by Crippen LogP contribution is 2.41. The van der Waals surface area contributed by atoms with Gasteiger partial charge >= 0.3 is 18.3 Å². The Bertz CT molecular complexity index is 848. The van der Waals surface area contributed by atoms with Crippen molar-refractivity contribution in [2.45, 2.75) is 18.8 Å². The topological polar surface area (TPSA) is 37.3 Å². The lowest BCUT2D eigenvalue weighted by molar-refractivity contribution is -0.138. The number of carbonyl (C=O) groups is 1. The van der Waals surface area contributed by atoms with Gasteiger partial charge in [-0.05, 0) is 28.8 Å². The van der Waals surface area contributed by atoms with E-state index < -0.39 is 47.0 Å². The number of halogens is 6. The predicted octanol–water partition coefficient (Wildman–Crippen LogP) is 6.19. The number of allylic oxidation sites excluding steroid dienone is 2. The molecule has 0 heterocycles. The Balaban J connectivity index is 2.74. The molecule has 2 rings (SSSR count). The SMILES string of the molecule is O=C(O)C/C=C/C=C(c1ccccc1C(F)(F)F)c1ccccc1C(F)(F)F. The normalized spacial score (nSPS) is 12.2. The van der Waals surface area contributed by atoms with E-state index in [-0.39, 0.29) is 5.57 Å². The van der Waals surface area contributed by atoms with Gasteiger partial charge in [0.2, 0.25) is 0 Å². The Morgan fingerprint density at radius 2 is 1.25 bits per heavy atom. The molecule has 2 aromatic carbocycles. The molecule has 0 bridgehead atoms. The second kappa shape index (κ2) is 8.33. The van der Waals surface area contributed by atoms with Crippen molar-refractivity contribution in [2.24, 2.45) is 0 Å². The highest BCUT2D eigenvalue weighted by molar-refractivity contribution is 5.84. The van der Waals surface area contributed by atoms with Crippen molar-refractivity contribution in [3.05, 3.63) is 89.0 Å². The van der Waals surface area contributed by atoms with Crippen LogP contribution in [0.5, 0.6) is 0 Å². The van der Waals surface area contributed by atoms with E-state index in [1.807, 2.05) is 0 Å². The molecule has 0 unspecified atom stereocenters. The number of hydrogen-bond donors (Lipinski definition) is 1. The number of rotatable bonds is 5. The van der Waals surface area contributed by atoms with Gasteiger partial charge in [-0.1, -0.05) is 54.6 Å². The van der Waals surface area contributed by atoms with Crippen LogP contribution in [-0.2, 0) is 17.1 Å². The molecular weight excluding hydrogens is 386 g/mol. The van der Waals surface area contributed by atoms with Crippen LogP contribution in [0.2, 0.25) is 0 Å². The average Bonchev–Trinajstić information content (AvgIpc) is 2.60. The van der Waals surface area contributed by atoms with Crippen molar-refractivity contribution in [1.82, 2.24) is 0 Å². The lowest BCUT2D eigenvalue weighted by Crippen LogP contribution is -2.12. The molecule has 148 valence electrons. The zero-order valence-electron chi connectivity index (χ0n) is 14.2. The maximum Gasteiger partial charge on any atom is 0.417 e. The summed E-state index contributed by atoms with van der Waals surface area (Å²) < 4.78 is 80.4. The van der Waals surface area contributed by atoms with Crippen molar-refractivity contribution >= 4 is 11.5 Å². The summed E-state index contributed by atoms with van der Waals surface area (Å²) in [7, 11) is 0. The van der Waals surface area contributed by atoms with E-state index in [4.69, 9.17) is 5.11 Å². The Kier molecular flexibility index (Phi) is 6.33. The third-order valence-corrected chi connectivity index (χ3v) is 3.74. The molecule has 0 aliphatic carbocycles. The molecule has 0 saturated heterocycles. The fourth-order valence-electron chi connectivity index (χ4n) is 2.59. The molecule has 0 aromatic heterocycles. The lowest BCUT2D eigenvalue weighted by Gasteiger charge is -2.19. The summed E-state index contributed by atoms with van der Waals surface area (Å²) >= 11 is 0. The third kappa shape index (κ3) is 5.25. The van der Waals surface area contributed by atoms with E-state index in [0.717, 1.165) is 54.6 Å². The first-order valence-electron chi connectivity index (χ1n) is 7.93. The fourth-order valence-corrected chi connectivity index (χ4v) is 2.59. The van der Waals surface area contributed by atoms with Crippen LogP contribution in [0.15, 0.2) is 66.8 Å². The van der Waals surface area contributed by atoms with Gasteiger partial charge in [0.1, 0.15) is 0 Å². The summed E-state index contributed by atoms with van der Waals surface area (Å²) in [6.45, 7) is 0. The maximum atomic E-state index is 13.4. The average molecular weight is 400 g/mol. The highest BCUT2D eigenvalue weighted by Gasteiger charge is 2.37. The number of benzene rings is 2. The Morgan fingerprint density at radius 1 is 0.821 bits per heavy atom. The van der Waals surface area contributed by atoms with Crippen molar-refractivity contribution in [1.29, 1.82) is 0 Å². The molecule has 0 aliphatic rings. The molecule has 0 fully saturated rings. The molecule has 2 aromatic rings. The van der Waals surface area contributed by atoms with Gasteiger partial charge in [-0.15, -0.1) is 0 Å². The smallest absolute Gasteiger partial charge is 0.417 e. The fraction of sp³-hybridized carbons (Fsp3) is 0.150. The van der Waals surface area contributed by atoms with Crippen LogP contribution >= 0.6 is 0 Å². The molecule has 0 aliphatic heterocycles. The summed E-state index contributed by atoms with van der Waals surface area (Å²) in [6, 6.07) is 8.56. The highest BCUT2D eigenvalue weighted by atomic mass is 19.4. The van der Waals surface area contributed by atoms with E-state index >= 15 is 0 Å². The minimum atomic E-state index is -4.78. The van der Waals surface area contributed by atoms with E-state index in [1.165, 1.54) is 12.1 Å². The first-order valence-corrected chi connectivity index (χ1v) is 7.93. The lowest BCUT2D eigenvalue weighted by atomic mass is 9.90. The second-order valence-electron chi connectivity index (χ2n) is 5.69. The van der Waals surface area contributed by atoms with Gasteiger partial charge in [0, 0.05) is 0 Å². The molecule has 28 heavy (non-hydrogen) atoms. The van der Waals surface area contributed by atoms with Gasteiger partial charge in [-0.2, -0.15) is 26.3 Å². The van der Waals surface area contributed by atoms with Gasteiger partial charge in [-0.25, -0.2) is 0 Å². The minimum Gasteiger partial charge on any atom is -0.481 e. The van der Waals surface area contributed by atoms with E-state index in [2.05, 4.69) is 0 Å². The van der Waals surface area contributed by atoms with Crippen LogP contribution < -0.4 is 0 Å². The molecule has 0 atom stereocenters. The van der Waals surface area contributed by atoms with Crippen molar-refractivity contribution in [3.63, 3.8) is 0 Å². The molecule has 0 radical (unpaired) electrons. The van der Waals surface area contributed by atoms with Crippen LogP contribution in [0.4, 0.5) is 26.3 Å². The molecular formula is C20H14F6O2. The summed E-state index contributed by atoms with van der Waals surface area (Å²) in [5, 5.41) is 8.64. The van der Waals surface area contributed by atoms with Crippen LogP contribution in [0, 0.1) is 0 Å². The van der Waals surface area contributed by atoms with E-state index in [9.17, 15) is 31.1 Å². The van der Waals surface area contributed by atoms with Gasteiger partial charge < -0.3 is 5.11 Å². The summed E-state index contributed by atoms with van der Waals surface area (Å²) in [5.41, 5.74) is -3.38. The molecule has 2 nitrogen and oxygen atoms in total. The summed E-state index contributed by atoms with van der Waals surface area (Å²) in [6.07, 6.45) is -6.68. The standard InChI is InChI=1S/C20H14F6O2/c21-19(22,23)16-10-4-1-8-14(16)13(7-3-6-12-18(27)28)15-9-2-5-11-17(15)20(24,25)26/h1-11H,12H2,(H,27,28)/b6-3+. The van der Waals surface area contributed by atoms with Crippen LogP contribution in [0.25, 0.3) is 5.57 Å². The third-order valence-electron chi connectivity index (χ3n) is 3.74. The number of aliphatic carboxylic acids is 1. The zero-order chi connectivity index (χ0) is 20.9. The Morgan fingerprint density at radius 3 is 1.64 bits per heavy atom. The molecule has 0 amide bonds. The van der Waals surface area contributed by atoms with Crippen molar-refractivity contribution < 1.29 is 36.2 Å². The van der Waals surface area contributed by atoms with Crippen LogP contribution in [-0.4, -0.2) is 11.1 Å². The largest absolute Gasteiger partial charge is 0.481 e. The van der Waals surface area contributed by atoms with Crippen molar-refractivity contribution in [3.8, 4) is 0 Å². The van der Waals surface area contributed by atoms with Crippen LogP contribution in [0.1, 0.15) is 28.7 Å². The maximum absolute atomic E-state index is 13.4. The van der Waals surface area contributed by atoms with Gasteiger partial charge in [-0.3, -0.25) is 4.79 Å². The second-order valence-corrected chi connectivity index (χ2v) is 5.69. The Labute approximate surface area is 156 Å². The zero-order valence-corrected chi connectivity index (χ0v) is 14.2. The first kappa shape index (κ1) is 21.3. The number of carboxylic acid groups (broad SMARTS) is 1. The predicted molar refractivity (Wildman–Crippen MR) is 91.4 cm³/mol. The molecule has 8 heteroatoms. The quantitative estimate of drug-likeness (QED) is 0.480. The van der Waals surface area contributed by atoms with Crippen LogP contribution in [0.3, 0.4) is 0 Å². The molecule has 0 saturated carbocycles. The van der Waals surface area contributed by atoms with E-state index in [1.54, 1.807) is 0 Å². The van der Waals surface area contributed by atoms with E-state index in [0.29, 0.717) is 0 Å². The molecule has 1 N–H and O–H groups in total. The number of hydrogen-bond acceptors (Lipinski definition) is 1. The van der Waals surface area contributed by atoms with Gasteiger partial charge in [0.25, 0.3) is 0 Å². The van der Waals surface area contributed by atoms with Crippen molar-refractivity contribution in [2.75, 3.05) is 0 Å². The molecule has 0 spiro atoms. The minimum absolute atomic E-state index is 0.317. The number of carboxylic acids is 1. The Hall–Kier alpha value is -3.03. The summed E-state index contributed by atoms with van der Waals surface area (Å²) in [4.78, 5) is 10.6. The summed E-state index contributed by atoms with van der Waals surface area (Å²) in [5.74, 6) is -1.18.